The van der Waals surface area contributed by atoms with Crippen molar-refractivity contribution in [3.05, 3.63) is 48.0 Å². The maximum Gasteiger partial charge on any atom is 0.234 e. The molecule has 2 aromatic rings. The molecule has 1 heterocycles. The average molecular weight is 399 g/mol. The topological polar surface area (TPSA) is 74.3 Å². The van der Waals surface area contributed by atoms with Crippen LogP contribution in [0.1, 0.15) is 5.56 Å². The number of methoxy groups -OCH3 is 2. The summed E-state index contributed by atoms with van der Waals surface area (Å²) >= 11 is 0. The molecule has 29 heavy (non-hydrogen) atoms. The number of hydrogen-bond donors (Lipinski definition) is 2. The molecular formula is C22H29N3O4. The molecule has 7 heteroatoms. The van der Waals surface area contributed by atoms with Gasteiger partial charge in [0.05, 0.1) is 26.5 Å². The number of phenols is 1. The first-order chi connectivity index (χ1) is 14.1. The van der Waals surface area contributed by atoms with E-state index in [9.17, 15) is 9.90 Å². The second-order valence-electron chi connectivity index (χ2n) is 7.04. The van der Waals surface area contributed by atoms with Gasteiger partial charge in [-0.3, -0.25) is 9.69 Å². The van der Waals surface area contributed by atoms with Crippen molar-refractivity contribution in [3.63, 3.8) is 0 Å². The molecule has 2 N–H and O–H groups in total. The molecule has 156 valence electrons. The highest BCUT2D eigenvalue weighted by molar-refractivity contribution is 5.78. The van der Waals surface area contributed by atoms with Crippen molar-refractivity contribution in [1.29, 1.82) is 0 Å². The van der Waals surface area contributed by atoms with Crippen LogP contribution in [0.4, 0.5) is 5.69 Å². The lowest BCUT2D eigenvalue weighted by Crippen LogP contribution is -2.49. The van der Waals surface area contributed by atoms with Crippen molar-refractivity contribution in [2.24, 2.45) is 0 Å². The standard InChI is InChI=1S/C22H29N3O4/c1-28-20-8-7-17(15-21(20)29-2)9-10-23-22(27)16-24-11-13-25(14-12-24)18-5-3-4-6-19(18)26/h3-8,15,26H,9-14,16H2,1-2H3,(H,23,27). The predicted molar refractivity (Wildman–Crippen MR) is 113 cm³/mol. The molecule has 1 fully saturated rings. The van der Waals surface area contributed by atoms with E-state index in [0.29, 0.717) is 30.3 Å². The molecule has 1 amide bonds. The lowest BCUT2D eigenvalue weighted by Gasteiger charge is -2.35. The molecular weight excluding hydrogens is 370 g/mol. The van der Waals surface area contributed by atoms with Crippen LogP contribution in [0.3, 0.4) is 0 Å². The molecule has 7 nitrogen and oxygen atoms in total. The van der Waals surface area contributed by atoms with E-state index in [-0.39, 0.29) is 5.91 Å². The normalized spacial score (nSPS) is 14.5. The minimum Gasteiger partial charge on any atom is -0.506 e. The predicted octanol–water partition coefficient (Wildman–Crippen LogP) is 1.89. The van der Waals surface area contributed by atoms with E-state index in [1.165, 1.54) is 0 Å². The third-order valence-electron chi connectivity index (χ3n) is 5.15. The van der Waals surface area contributed by atoms with Gasteiger partial charge in [0.15, 0.2) is 11.5 Å². The Morgan fingerprint density at radius 2 is 1.76 bits per heavy atom. The van der Waals surface area contributed by atoms with Crippen LogP contribution >= 0.6 is 0 Å². The van der Waals surface area contributed by atoms with Gasteiger partial charge >= 0.3 is 0 Å². The summed E-state index contributed by atoms with van der Waals surface area (Å²) < 4.78 is 10.6. The number of carbonyl (C=O) groups excluding carboxylic acids is 1. The third-order valence-corrected chi connectivity index (χ3v) is 5.15. The first kappa shape index (κ1) is 20.8. The quantitative estimate of drug-likeness (QED) is 0.706. The summed E-state index contributed by atoms with van der Waals surface area (Å²) in [5.41, 5.74) is 1.94. The van der Waals surface area contributed by atoms with Crippen LogP contribution in [0, 0.1) is 0 Å². The molecule has 0 atom stereocenters. The summed E-state index contributed by atoms with van der Waals surface area (Å²) in [5, 5.41) is 13.0. The van der Waals surface area contributed by atoms with Gasteiger partial charge in [0.2, 0.25) is 5.91 Å². The number of benzene rings is 2. The minimum absolute atomic E-state index is 0.0292. The summed E-state index contributed by atoms with van der Waals surface area (Å²) in [6, 6.07) is 13.2. The second kappa shape index (κ2) is 10.0. The summed E-state index contributed by atoms with van der Waals surface area (Å²) in [5.74, 6) is 1.72. The maximum atomic E-state index is 12.3. The van der Waals surface area contributed by atoms with Crippen LogP contribution in [0.25, 0.3) is 0 Å². The number of amides is 1. The minimum atomic E-state index is 0.0292. The Morgan fingerprint density at radius 1 is 1.03 bits per heavy atom. The Kier molecular flexibility index (Phi) is 7.19. The molecule has 1 aliphatic heterocycles. The molecule has 3 rings (SSSR count). The smallest absolute Gasteiger partial charge is 0.234 e. The van der Waals surface area contributed by atoms with Crippen LogP contribution in [0.2, 0.25) is 0 Å². The van der Waals surface area contributed by atoms with Gasteiger partial charge in [-0.25, -0.2) is 0 Å². The number of anilines is 1. The van der Waals surface area contributed by atoms with Gasteiger partial charge in [-0.15, -0.1) is 0 Å². The first-order valence-electron chi connectivity index (χ1n) is 9.83. The van der Waals surface area contributed by atoms with Crippen molar-refractivity contribution < 1.29 is 19.4 Å². The van der Waals surface area contributed by atoms with Gasteiger partial charge in [-0.1, -0.05) is 18.2 Å². The highest BCUT2D eigenvalue weighted by Crippen LogP contribution is 2.28. The van der Waals surface area contributed by atoms with Gasteiger partial charge in [0, 0.05) is 32.7 Å². The van der Waals surface area contributed by atoms with E-state index in [1.54, 1.807) is 20.3 Å². The van der Waals surface area contributed by atoms with Crippen molar-refractivity contribution in [2.75, 3.05) is 58.4 Å². The number of carbonyl (C=O) groups is 1. The van der Waals surface area contributed by atoms with Crippen LogP contribution in [0.5, 0.6) is 17.2 Å². The van der Waals surface area contributed by atoms with Crippen molar-refractivity contribution in [3.8, 4) is 17.2 Å². The van der Waals surface area contributed by atoms with Gasteiger partial charge < -0.3 is 24.8 Å². The highest BCUT2D eigenvalue weighted by Gasteiger charge is 2.20. The van der Waals surface area contributed by atoms with E-state index < -0.39 is 0 Å². The van der Waals surface area contributed by atoms with Gasteiger partial charge in [-0.05, 0) is 36.2 Å². The van der Waals surface area contributed by atoms with E-state index in [1.807, 2.05) is 36.4 Å². The van der Waals surface area contributed by atoms with E-state index in [4.69, 9.17) is 9.47 Å². The maximum absolute atomic E-state index is 12.3. The van der Waals surface area contributed by atoms with Crippen LogP contribution in [-0.4, -0.2) is 69.4 Å². The van der Waals surface area contributed by atoms with E-state index >= 15 is 0 Å². The molecule has 0 aromatic heterocycles. The number of nitrogens with one attached hydrogen (secondary N) is 1. The molecule has 1 aliphatic rings. The number of rotatable bonds is 8. The molecule has 0 spiro atoms. The summed E-state index contributed by atoms with van der Waals surface area (Å²) in [7, 11) is 3.22. The molecule has 0 radical (unpaired) electrons. The molecule has 0 aliphatic carbocycles. The van der Waals surface area contributed by atoms with Crippen molar-refractivity contribution >= 4 is 11.6 Å². The van der Waals surface area contributed by atoms with Crippen molar-refractivity contribution in [1.82, 2.24) is 10.2 Å². The molecule has 0 bridgehead atoms. The number of phenolic OH excluding ortho intramolecular Hbond substituents is 1. The fraction of sp³-hybridized carbons (Fsp3) is 0.409. The third kappa shape index (κ3) is 5.54. The lowest BCUT2D eigenvalue weighted by atomic mass is 10.1. The number of ether oxygens (including phenoxy) is 2. The number of hydrogen-bond acceptors (Lipinski definition) is 6. The zero-order valence-electron chi connectivity index (χ0n) is 17.1. The van der Waals surface area contributed by atoms with E-state index in [2.05, 4.69) is 15.1 Å². The fourth-order valence-electron chi connectivity index (χ4n) is 3.52. The second-order valence-corrected chi connectivity index (χ2v) is 7.04. The van der Waals surface area contributed by atoms with E-state index in [0.717, 1.165) is 43.9 Å². The monoisotopic (exact) mass is 399 g/mol. The number of piperazine rings is 1. The van der Waals surface area contributed by atoms with Crippen molar-refractivity contribution in [2.45, 2.75) is 6.42 Å². The average Bonchev–Trinajstić information content (AvgIpc) is 2.74. The number of nitrogens with zero attached hydrogens (tertiary/aromatic N) is 2. The Balaban J connectivity index is 1.40. The zero-order valence-corrected chi connectivity index (χ0v) is 17.1. The SMILES string of the molecule is COc1ccc(CCNC(=O)CN2CCN(c3ccccc3O)CC2)cc1OC. The number of aromatic hydroxyl groups is 1. The van der Waals surface area contributed by atoms with Crippen LogP contribution < -0.4 is 19.7 Å². The molecule has 1 saturated heterocycles. The summed E-state index contributed by atoms with van der Waals surface area (Å²) in [6.07, 6.45) is 0.729. The van der Waals surface area contributed by atoms with Gasteiger partial charge in [0.1, 0.15) is 5.75 Å². The van der Waals surface area contributed by atoms with Crippen LogP contribution in [0.15, 0.2) is 42.5 Å². The van der Waals surface area contributed by atoms with Gasteiger partial charge in [0.25, 0.3) is 0 Å². The Hall–Kier alpha value is -2.93. The van der Waals surface area contributed by atoms with Gasteiger partial charge in [-0.2, -0.15) is 0 Å². The molecule has 2 aromatic carbocycles. The lowest BCUT2D eigenvalue weighted by molar-refractivity contribution is -0.122. The highest BCUT2D eigenvalue weighted by atomic mass is 16.5. The summed E-state index contributed by atoms with van der Waals surface area (Å²) in [4.78, 5) is 16.6. The number of para-hydroxylation sites is 2. The molecule has 0 unspecified atom stereocenters. The Bertz CT molecular complexity index is 819. The summed E-state index contributed by atoms with van der Waals surface area (Å²) in [6.45, 7) is 4.12. The largest absolute Gasteiger partial charge is 0.506 e. The Morgan fingerprint density at radius 3 is 2.45 bits per heavy atom. The molecule has 0 saturated carbocycles. The van der Waals surface area contributed by atoms with Crippen LogP contribution in [-0.2, 0) is 11.2 Å². The zero-order chi connectivity index (χ0) is 20.6. The Labute approximate surface area is 171 Å². The fourth-order valence-corrected chi connectivity index (χ4v) is 3.52. The first-order valence-corrected chi connectivity index (χ1v) is 9.83.